The fraction of sp³-hybridized carbons (Fsp3) is 0.500. The van der Waals surface area contributed by atoms with Crippen LogP contribution in [-0.2, 0) is 9.59 Å². The van der Waals surface area contributed by atoms with Gasteiger partial charge < -0.3 is 15.7 Å². The Morgan fingerprint density at radius 1 is 1.18 bits per heavy atom. The van der Waals surface area contributed by atoms with E-state index in [9.17, 15) is 19.1 Å². The third kappa shape index (κ3) is 5.11. The second-order valence-electron chi connectivity index (χ2n) is 5.80. The molecule has 0 heterocycles. The molecule has 2 amide bonds. The summed E-state index contributed by atoms with van der Waals surface area (Å²) in [5.74, 6) is -1.23. The molecule has 1 saturated carbocycles. The number of amides is 2. The highest BCUT2D eigenvalue weighted by molar-refractivity contribution is 5.94. The van der Waals surface area contributed by atoms with Crippen molar-refractivity contribution in [3.63, 3.8) is 0 Å². The molecule has 0 unspecified atom stereocenters. The first kappa shape index (κ1) is 16.4. The zero-order valence-electron chi connectivity index (χ0n) is 12.4. The molecular weight excluding hydrogens is 287 g/mol. The maximum Gasteiger partial charge on any atom is 0.243 e. The Kier molecular flexibility index (Phi) is 5.49. The molecular formula is C16H21FN2O3. The van der Waals surface area contributed by atoms with Crippen molar-refractivity contribution in [3.8, 4) is 0 Å². The van der Waals surface area contributed by atoms with Gasteiger partial charge >= 0.3 is 0 Å². The minimum absolute atomic E-state index is 0.0141. The molecule has 22 heavy (non-hydrogen) atoms. The van der Waals surface area contributed by atoms with Crippen molar-refractivity contribution in [3.05, 3.63) is 30.1 Å². The van der Waals surface area contributed by atoms with Gasteiger partial charge in [0, 0.05) is 5.69 Å². The maximum atomic E-state index is 13.0. The lowest BCUT2D eigenvalue weighted by atomic mass is 9.82. The summed E-state index contributed by atoms with van der Waals surface area (Å²) in [4.78, 5) is 23.5. The van der Waals surface area contributed by atoms with E-state index in [0.717, 1.165) is 19.3 Å². The molecule has 1 aliphatic carbocycles. The van der Waals surface area contributed by atoms with Crippen molar-refractivity contribution >= 4 is 17.5 Å². The van der Waals surface area contributed by atoms with E-state index in [0.29, 0.717) is 18.5 Å². The van der Waals surface area contributed by atoms with Gasteiger partial charge in [-0.1, -0.05) is 25.3 Å². The molecule has 5 nitrogen and oxygen atoms in total. The number of halogens is 1. The van der Waals surface area contributed by atoms with Crippen molar-refractivity contribution in [2.24, 2.45) is 0 Å². The van der Waals surface area contributed by atoms with Crippen LogP contribution in [0.1, 0.15) is 38.5 Å². The number of hydrogen-bond donors (Lipinski definition) is 3. The van der Waals surface area contributed by atoms with Gasteiger partial charge in [-0.2, -0.15) is 0 Å². The van der Waals surface area contributed by atoms with Gasteiger partial charge in [0.25, 0.3) is 0 Å². The van der Waals surface area contributed by atoms with E-state index in [4.69, 9.17) is 0 Å². The van der Waals surface area contributed by atoms with Crippen molar-refractivity contribution < 1.29 is 19.1 Å². The molecule has 0 atom stereocenters. The summed E-state index contributed by atoms with van der Waals surface area (Å²) < 4.78 is 13.0. The van der Waals surface area contributed by atoms with Gasteiger partial charge in [-0.15, -0.1) is 0 Å². The average molecular weight is 308 g/mol. The van der Waals surface area contributed by atoms with Gasteiger partial charge in [0.2, 0.25) is 11.8 Å². The van der Waals surface area contributed by atoms with Crippen LogP contribution in [0.4, 0.5) is 10.1 Å². The summed E-state index contributed by atoms with van der Waals surface area (Å²) >= 11 is 0. The highest BCUT2D eigenvalue weighted by atomic mass is 19.1. The molecule has 3 N–H and O–H groups in total. The predicted octanol–water partition coefficient (Wildman–Crippen LogP) is 1.97. The van der Waals surface area contributed by atoms with Gasteiger partial charge in [-0.25, -0.2) is 4.39 Å². The molecule has 0 radical (unpaired) electrons. The quantitative estimate of drug-likeness (QED) is 0.778. The topological polar surface area (TPSA) is 78.4 Å². The number of carbonyl (C=O) groups excluding carboxylic acids is 2. The van der Waals surface area contributed by atoms with E-state index in [1.54, 1.807) is 6.07 Å². The van der Waals surface area contributed by atoms with Crippen LogP contribution in [0, 0.1) is 5.82 Å². The zero-order chi connectivity index (χ0) is 16.0. The number of benzene rings is 1. The van der Waals surface area contributed by atoms with Crippen LogP contribution in [0.15, 0.2) is 24.3 Å². The summed E-state index contributed by atoms with van der Waals surface area (Å²) in [5.41, 5.74) is -0.605. The van der Waals surface area contributed by atoms with E-state index in [1.165, 1.54) is 18.2 Å². The first-order valence-electron chi connectivity index (χ1n) is 7.51. The van der Waals surface area contributed by atoms with Gasteiger partial charge in [0.15, 0.2) is 0 Å². The van der Waals surface area contributed by atoms with Crippen LogP contribution in [0.25, 0.3) is 0 Å². The van der Waals surface area contributed by atoms with Crippen LogP contribution in [0.5, 0.6) is 0 Å². The number of hydrogen-bond acceptors (Lipinski definition) is 3. The monoisotopic (exact) mass is 308 g/mol. The molecule has 6 heteroatoms. The summed E-state index contributed by atoms with van der Waals surface area (Å²) in [5, 5.41) is 15.2. The molecule has 120 valence electrons. The van der Waals surface area contributed by atoms with E-state index in [1.807, 2.05) is 0 Å². The lowest BCUT2D eigenvalue weighted by molar-refractivity contribution is -0.129. The molecule has 1 aromatic rings. The van der Waals surface area contributed by atoms with Crippen LogP contribution in [-0.4, -0.2) is 29.1 Å². The van der Waals surface area contributed by atoms with E-state index < -0.39 is 17.3 Å². The molecule has 0 aromatic heterocycles. The highest BCUT2D eigenvalue weighted by Crippen LogP contribution is 2.30. The lowest BCUT2D eigenvalue weighted by Crippen LogP contribution is -2.40. The Morgan fingerprint density at radius 3 is 2.59 bits per heavy atom. The molecule has 0 bridgehead atoms. The normalized spacial score (nSPS) is 16.8. The third-order valence-corrected chi connectivity index (χ3v) is 3.83. The molecule has 0 saturated heterocycles. The molecule has 1 aliphatic rings. The van der Waals surface area contributed by atoms with Crippen molar-refractivity contribution in [1.82, 2.24) is 5.32 Å². The van der Waals surface area contributed by atoms with Gasteiger partial charge in [0.05, 0.1) is 18.6 Å². The SMILES string of the molecule is O=C(CC1(O)CCCCC1)NCC(=O)Nc1cccc(F)c1. The van der Waals surface area contributed by atoms with E-state index in [-0.39, 0.29) is 18.9 Å². The lowest BCUT2D eigenvalue weighted by Gasteiger charge is -2.31. The molecule has 1 fully saturated rings. The Morgan fingerprint density at radius 2 is 1.91 bits per heavy atom. The standard InChI is InChI=1S/C16H21FN2O3/c17-12-5-4-6-13(9-12)19-15(21)11-18-14(20)10-16(22)7-2-1-3-8-16/h4-6,9,22H,1-3,7-8,10-11H2,(H,18,20)(H,19,21). The van der Waals surface area contributed by atoms with Gasteiger partial charge in [0.1, 0.15) is 5.82 Å². The van der Waals surface area contributed by atoms with Crippen molar-refractivity contribution in [1.29, 1.82) is 0 Å². The first-order chi connectivity index (χ1) is 10.5. The molecule has 2 rings (SSSR count). The third-order valence-electron chi connectivity index (χ3n) is 3.83. The minimum atomic E-state index is -0.943. The number of rotatable bonds is 5. The van der Waals surface area contributed by atoms with Crippen molar-refractivity contribution in [2.75, 3.05) is 11.9 Å². The Labute approximate surface area is 128 Å². The summed E-state index contributed by atoms with van der Waals surface area (Å²) in [6, 6.07) is 5.53. The summed E-state index contributed by atoms with van der Waals surface area (Å²) in [6.07, 6.45) is 4.18. The molecule has 0 aliphatic heterocycles. The minimum Gasteiger partial charge on any atom is -0.389 e. The summed E-state index contributed by atoms with van der Waals surface area (Å²) in [7, 11) is 0. The smallest absolute Gasteiger partial charge is 0.243 e. The molecule has 0 spiro atoms. The van der Waals surface area contributed by atoms with Crippen LogP contribution in [0.3, 0.4) is 0 Å². The first-order valence-corrected chi connectivity index (χ1v) is 7.51. The second-order valence-corrected chi connectivity index (χ2v) is 5.80. The highest BCUT2D eigenvalue weighted by Gasteiger charge is 2.31. The number of nitrogens with one attached hydrogen (secondary N) is 2. The van der Waals surface area contributed by atoms with E-state index in [2.05, 4.69) is 10.6 Å². The van der Waals surface area contributed by atoms with Crippen LogP contribution < -0.4 is 10.6 Å². The number of anilines is 1. The maximum absolute atomic E-state index is 13.0. The van der Waals surface area contributed by atoms with E-state index >= 15 is 0 Å². The zero-order valence-corrected chi connectivity index (χ0v) is 12.4. The fourth-order valence-corrected chi connectivity index (χ4v) is 2.70. The number of carbonyl (C=O) groups is 2. The average Bonchev–Trinajstić information content (AvgIpc) is 2.45. The predicted molar refractivity (Wildman–Crippen MR) is 80.7 cm³/mol. The van der Waals surface area contributed by atoms with Crippen molar-refractivity contribution in [2.45, 2.75) is 44.1 Å². The van der Waals surface area contributed by atoms with Crippen LogP contribution >= 0.6 is 0 Å². The molecule has 1 aromatic carbocycles. The van der Waals surface area contributed by atoms with Gasteiger partial charge in [-0.3, -0.25) is 9.59 Å². The Hall–Kier alpha value is -1.95. The Balaban J connectivity index is 1.74. The summed E-state index contributed by atoms with van der Waals surface area (Å²) in [6.45, 7) is -0.203. The Bertz CT molecular complexity index is 542. The number of aliphatic hydroxyl groups is 1. The largest absolute Gasteiger partial charge is 0.389 e. The van der Waals surface area contributed by atoms with Crippen LogP contribution in [0.2, 0.25) is 0 Å². The second kappa shape index (κ2) is 7.35. The fourth-order valence-electron chi connectivity index (χ4n) is 2.70. The van der Waals surface area contributed by atoms with Gasteiger partial charge in [-0.05, 0) is 31.0 Å².